The van der Waals surface area contributed by atoms with Gasteiger partial charge in [-0.2, -0.15) is 0 Å². The highest BCUT2D eigenvalue weighted by atomic mass is 31.2. The van der Waals surface area contributed by atoms with Gasteiger partial charge >= 0.3 is 7.82 Å². The predicted molar refractivity (Wildman–Crippen MR) is 137 cm³/mol. The summed E-state index contributed by atoms with van der Waals surface area (Å²) in [5.74, 6) is 0. The fourth-order valence-electron chi connectivity index (χ4n) is 3.46. The van der Waals surface area contributed by atoms with E-state index in [9.17, 15) is 14.3 Å². The molecule has 0 saturated carbocycles. The quantitative estimate of drug-likeness (QED) is 0.0674. The standard InChI is InChI=1S/C25H52NO7P/c1-5-6-7-8-9-10-11-12-13-14-15-16-17-18-20-30-22-25(31-24-27)23-33-34(28,29)32-21-19-26(2,3)4/h24-25H,5-23H2,1-4H3/p+1/t25-/m1/s1. The molecule has 0 aliphatic heterocycles. The first-order valence-electron chi connectivity index (χ1n) is 13.3. The number of phosphoric acid groups is 1. The van der Waals surface area contributed by atoms with Gasteiger partial charge in [0.15, 0.2) is 0 Å². The third kappa shape index (κ3) is 24.6. The average Bonchev–Trinajstić information content (AvgIpc) is 2.76. The van der Waals surface area contributed by atoms with Gasteiger partial charge in [-0.1, -0.05) is 90.4 Å². The fraction of sp³-hybridized carbons (Fsp3) is 0.960. The number of likely N-dealkylation sites (N-methyl/N-ethyl adjacent to an activating group) is 1. The van der Waals surface area contributed by atoms with E-state index in [4.69, 9.17) is 18.5 Å². The largest absolute Gasteiger partial charge is 0.472 e. The lowest BCUT2D eigenvalue weighted by Crippen LogP contribution is -2.37. The summed E-state index contributed by atoms with van der Waals surface area (Å²) in [5, 5.41) is 0. The van der Waals surface area contributed by atoms with Gasteiger partial charge in [0.2, 0.25) is 0 Å². The first kappa shape index (κ1) is 33.5. The lowest BCUT2D eigenvalue weighted by molar-refractivity contribution is -0.870. The van der Waals surface area contributed by atoms with E-state index in [-0.39, 0.29) is 19.8 Å². The molecule has 2 atom stereocenters. The molecule has 9 heteroatoms. The highest BCUT2D eigenvalue weighted by Crippen LogP contribution is 2.43. The van der Waals surface area contributed by atoms with E-state index in [0.717, 1.165) is 12.8 Å². The summed E-state index contributed by atoms with van der Waals surface area (Å²) in [6.45, 7) is 3.63. The molecule has 0 aromatic rings. The van der Waals surface area contributed by atoms with Crippen molar-refractivity contribution in [3.8, 4) is 0 Å². The Morgan fingerprint density at radius 1 is 0.765 bits per heavy atom. The number of carbonyl (C=O) groups is 1. The normalized spacial score (nSPS) is 14.6. The van der Waals surface area contributed by atoms with Crippen molar-refractivity contribution in [1.29, 1.82) is 0 Å². The van der Waals surface area contributed by atoms with Crippen LogP contribution in [0.5, 0.6) is 0 Å². The summed E-state index contributed by atoms with van der Waals surface area (Å²) < 4.78 is 32.9. The van der Waals surface area contributed by atoms with Gasteiger partial charge in [0.1, 0.15) is 19.3 Å². The van der Waals surface area contributed by atoms with Gasteiger partial charge in [-0.15, -0.1) is 0 Å². The summed E-state index contributed by atoms with van der Waals surface area (Å²) in [5.41, 5.74) is 0. The van der Waals surface area contributed by atoms with E-state index in [2.05, 4.69) is 6.92 Å². The minimum Gasteiger partial charge on any atom is -0.460 e. The van der Waals surface area contributed by atoms with Crippen LogP contribution in [0.4, 0.5) is 0 Å². The van der Waals surface area contributed by atoms with E-state index in [0.29, 0.717) is 24.1 Å². The second-order valence-electron chi connectivity index (χ2n) is 10.1. The summed E-state index contributed by atoms with van der Waals surface area (Å²) in [4.78, 5) is 20.5. The number of rotatable bonds is 26. The number of carbonyl (C=O) groups excluding carboxylic acids is 1. The van der Waals surface area contributed by atoms with E-state index in [1.165, 1.54) is 77.0 Å². The van der Waals surface area contributed by atoms with Crippen molar-refractivity contribution in [3.05, 3.63) is 0 Å². The van der Waals surface area contributed by atoms with Crippen LogP contribution in [0.25, 0.3) is 0 Å². The summed E-state index contributed by atoms with van der Waals surface area (Å²) in [7, 11) is 1.67. The zero-order chi connectivity index (χ0) is 25.5. The molecule has 0 rings (SSSR count). The molecular formula is C25H53NO7P+. The van der Waals surface area contributed by atoms with Crippen molar-refractivity contribution >= 4 is 14.3 Å². The monoisotopic (exact) mass is 510 g/mol. The van der Waals surface area contributed by atoms with Crippen LogP contribution in [0.3, 0.4) is 0 Å². The molecule has 0 aromatic carbocycles. The molecule has 8 nitrogen and oxygen atoms in total. The maximum Gasteiger partial charge on any atom is 0.472 e. The van der Waals surface area contributed by atoms with Crippen LogP contribution in [0.1, 0.15) is 96.8 Å². The van der Waals surface area contributed by atoms with E-state index >= 15 is 0 Å². The Morgan fingerprint density at radius 3 is 1.74 bits per heavy atom. The number of hydrogen-bond acceptors (Lipinski definition) is 6. The van der Waals surface area contributed by atoms with Crippen molar-refractivity contribution in [2.24, 2.45) is 0 Å². The van der Waals surface area contributed by atoms with Crippen LogP contribution in [0.2, 0.25) is 0 Å². The maximum absolute atomic E-state index is 12.0. The number of nitrogens with zero attached hydrogens (tertiary/aromatic N) is 1. The Hall–Kier alpha value is -0.500. The summed E-state index contributed by atoms with van der Waals surface area (Å²) in [6.07, 6.45) is 17.4. The van der Waals surface area contributed by atoms with Crippen molar-refractivity contribution in [2.45, 2.75) is 103 Å². The minimum atomic E-state index is -4.19. The van der Waals surface area contributed by atoms with Gasteiger partial charge in [0.25, 0.3) is 6.47 Å². The highest BCUT2D eigenvalue weighted by molar-refractivity contribution is 7.47. The van der Waals surface area contributed by atoms with Gasteiger partial charge < -0.3 is 18.9 Å². The van der Waals surface area contributed by atoms with Crippen molar-refractivity contribution in [1.82, 2.24) is 0 Å². The second-order valence-corrected chi connectivity index (χ2v) is 11.6. The predicted octanol–water partition coefficient (Wildman–Crippen LogP) is 5.87. The second kappa shape index (κ2) is 21.8. The molecule has 0 aliphatic rings. The Bertz CT molecular complexity index is 514. The van der Waals surface area contributed by atoms with Gasteiger partial charge in [-0.25, -0.2) is 4.57 Å². The molecule has 1 N–H and O–H groups in total. The molecular weight excluding hydrogens is 457 g/mol. The molecule has 0 spiro atoms. The summed E-state index contributed by atoms with van der Waals surface area (Å²) in [6, 6.07) is 0. The van der Waals surface area contributed by atoms with Crippen LogP contribution < -0.4 is 0 Å². The van der Waals surface area contributed by atoms with Crippen molar-refractivity contribution in [2.75, 3.05) is 54.1 Å². The third-order valence-electron chi connectivity index (χ3n) is 5.63. The first-order valence-corrected chi connectivity index (χ1v) is 14.8. The molecule has 0 aromatic heterocycles. The van der Waals surface area contributed by atoms with Crippen LogP contribution in [-0.4, -0.2) is 76.1 Å². The van der Waals surface area contributed by atoms with Gasteiger partial charge in [-0.3, -0.25) is 13.8 Å². The van der Waals surface area contributed by atoms with Crippen molar-refractivity contribution in [3.63, 3.8) is 0 Å². The lowest BCUT2D eigenvalue weighted by atomic mass is 10.0. The molecule has 0 heterocycles. The van der Waals surface area contributed by atoms with Gasteiger partial charge in [0.05, 0.1) is 34.4 Å². The fourth-order valence-corrected chi connectivity index (χ4v) is 4.20. The van der Waals surface area contributed by atoms with Gasteiger partial charge in [-0.05, 0) is 6.42 Å². The molecule has 204 valence electrons. The van der Waals surface area contributed by atoms with Crippen LogP contribution in [0, 0.1) is 0 Å². The number of quaternary nitrogens is 1. The molecule has 0 aliphatic carbocycles. The van der Waals surface area contributed by atoms with Crippen LogP contribution in [0.15, 0.2) is 0 Å². The lowest BCUT2D eigenvalue weighted by Gasteiger charge is -2.24. The maximum atomic E-state index is 12.0. The zero-order valence-electron chi connectivity index (χ0n) is 22.4. The molecule has 0 bridgehead atoms. The number of ether oxygens (including phenoxy) is 2. The van der Waals surface area contributed by atoms with Crippen LogP contribution in [-0.2, 0) is 27.9 Å². The Kier molecular flexibility index (Phi) is 21.4. The number of unbranched alkanes of at least 4 members (excludes halogenated alkanes) is 13. The van der Waals surface area contributed by atoms with Crippen LogP contribution >= 0.6 is 7.82 Å². The third-order valence-corrected chi connectivity index (χ3v) is 6.62. The van der Waals surface area contributed by atoms with Crippen molar-refractivity contribution < 1.29 is 37.3 Å². The highest BCUT2D eigenvalue weighted by Gasteiger charge is 2.25. The number of phosphoric ester groups is 1. The Balaban J connectivity index is 3.65. The SMILES string of the molecule is CCCCCCCCCCCCCCCCOC[C@H](COP(=O)(O)OCC[N+](C)(C)C)OC=O. The molecule has 0 fully saturated rings. The Morgan fingerprint density at radius 2 is 1.26 bits per heavy atom. The first-order chi connectivity index (χ1) is 16.2. The smallest absolute Gasteiger partial charge is 0.460 e. The van der Waals surface area contributed by atoms with Gasteiger partial charge in [0, 0.05) is 6.61 Å². The molecule has 0 amide bonds. The topological polar surface area (TPSA) is 91.3 Å². The minimum absolute atomic E-state index is 0.0894. The zero-order valence-corrected chi connectivity index (χ0v) is 23.3. The average molecular weight is 511 g/mol. The van der Waals surface area contributed by atoms with E-state index < -0.39 is 13.9 Å². The Labute approximate surface area is 208 Å². The van der Waals surface area contributed by atoms with E-state index in [1.807, 2.05) is 21.1 Å². The molecule has 34 heavy (non-hydrogen) atoms. The molecule has 0 radical (unpaired) electrons. The molecule has 0 saturated heterocycles. The van der Waals surface area contributed by atoms with E-state index in [1.54, 1.807) is 0 Å². The molecule has 1 unspecified atom stereocenters. The number of hydrogen-bond donors (Lipinski definition) is 1. The summed E-state index contributed by atoms with van der Waals surface area (Å²) >= 11 is 0.